The van der Waals surface area contributed by atoms with Crippen molar-refractivity contribution in [2.75, 3.05) is 0 Å². The van der Waals surface area contributed by atoms with Gasteiger partial charge >= 0.3 is 6.18 Å². The van der Waals surface area contributed by atoms with E-state index in [-0.39, 0.29) is 24.2 Å². The number of hydrogen-bond acceptors (Lipinski definition) is 2. The van der Waals surface area contributed by atoms with E-state index in [0.29, 0.717) is 12.0 Å². The second kappa shape index (κ2) is 8.39. The molecule has 1 unspecified atom stereocenters. The van der Waals surface area contributed by atoms with Crippen molar-refractivity contribution in [1.29, 1.82) is 0 Å². The fraction of sp³-hybridized carbons (Fsp3) is 0.533. The van der Waals surface area contributed by atoms with E-state index in [1.54, 1.807) is 13.0 Å². The number of amides is 1. The van der Waals surface area contributed by atoms with E-state index in [0.717, 1.165) is 12.1 Å². The Morgan fingerprint density at radius 2 is 1.86 bits per heavy atom. The topological polar surface area (TPSA) is 55.1 Å². The maximum atomic E-state index is 12.7. The molecular weight excluding hydrogens is 317 g/mol. The number of nitrogens with one attached hydrogen (secondary N) is 1. The SMILES string of the molecule is CC(C)C[C@H](N)C(=O)NC(C)c1cccc(C(F)(F)F)c1.Cl. The normalized spacial score (nSPS) is 14.2. The lowest BCUT2D eigenvalue weighted by molar-refractivity contribution is -0.137. The molecule has 0 fully saturated rings. The van der Waals surface area contributed by atoms with Crippen molar-refractivity contribution < 1.29 is 18.0 Å². The summed E-state index contributed by atoms with van der Waals surface area (Å²) in [5.41, 5.74) is 5.42. The van der Waals surface area contributed by atoms with Gasteiger partial charge in [-0.2, -0.15) is 13.2 Å². The maximum Gasteiger partial charge on any atom is 0.416 e. The van der Waals surface area contributed by atoms with Gasteiger partial charge < -0.3 is 11.1 Å². The standard InChI is InChI=1S/C15H21F3N2O.ClH/c1-9(2)7-13(19)14(21)20-10(3)11-5-4-6-12(8-11)15(16,17)18;/h4-6,8-10,13H,7,19H2,1-3H3,(H,20,21);1H/t10?,13-;/m0./s1. The zero-order chi connectivity index (χ0) is 16.2. The lowest BCUT2D eigenvalue weighted by Crippen LogP contribution is -2.42. The summed E-state index contributed by atoms with van der Waals surface area (Å²) in [6.45, 7) is 5.53. The fourth-order valence-corrected chi connectivity index (χ4v) is 2.00. The maximum absolute atomic E-state index is 12.7. The smallest absolute Gasteiger partial charge is 0.348 e. The third-order valence-corrected chi connectivity index (χ3v) is 3.13. The van der Waals surface area contributed by atoms with Crippen LogP contribution in [-0.2, 0) is 11.0 Å². The molecule has 3 nitrogen and oxygen atoms in total. The molecule has 0 aliphatic heterocycles. The first kappa shape index (κ1) is 20.7. The van der Waals surface area contributed by atoms with Gasteiger partial charge in [0, 0.05) is 0 Å². The summed E-state index contributed by atoms with van der Waals surface area (Å²) >= 11 is 0. The van der Waals surface area contributed by atoms with Crippen LogP contribution in [0.3, 0.4) is 0 Å². The van der Waals surface area contributed by atoms with Crippen LogP contribution in [-0.4, -0.2) is 11.9 Å². The minimum absolute atomic E-state index is 0. The average Bonchev–Trinajstić information content (AvgIpc) is 2.37. The van der Waals surface area contributed by atoms with Gasteiger partial charge in [-0.05, 0) is 37.0 Å². The van der Waals surface area contributed by atoms with Crippen LogP contribution in [0.4, 0.5) is 13.2 Å². The van der Waals surface area contributed by atoms with E-state index in [1.165, 1.54) is 6.07 Å². The van der Waals surface area contributed by atoms with Crippen LogP contribution in [0.2, 0.25) is 0 Å². The molecule has 0 radical (unpaired) electrons. The summed E-state index contributed by atoms with van der Waals surface area (Å²) in [7, 11) is 0. The number of nitrogens with two attached hydrogens (primary N) is 1. The zero-order valence-corrected chi connectivity index (χ0v) is 13.6. The van der Waals surface area contributed by atoms with Crippen molar-refractivity contribution in [3.63, 3.8) is 0 Å². The molecule has 1 rings (SSSR count). The van der Waals surface area contributed by atoms with Crippen molar-refractivity contribution in [3.8, 4) is 0 Å². The summed E-state index contributed by atoms with van der Waals surface area (Å²) in [5.74, 6) is -0.0803. The minimum atomic E-state index is -4.40. The van der Waals surface area contributed by atoms with Gasteiger partial charge in [0.2, 0.25) is 5.91 Å². The first-order valence-corrected chi connectivity index (χ1v) is 6.84. The van der Waals surface area contributed by atoms with E-state index in [9.17, 15) is 18.0 Å². The number of rotatable bonds is 5. The molecular formula is C15H22ClF3N2O. The molecule has 0 bridgehead atoms. The van der Waals surface area contributed by atoms with E-state index >= 15 is 0 Å². The molecule has 0 aromatic heterocycles. The van der Waals surface area contributed by atoms with Crippen LogP contribution < -0.4 is 11.1 Å². The van der Waals surface area contributed by atoms with Gasteiger partial charge in [0.15, 0.2) is 0 Å². The molecule has 7 heteroatoms. The molecule has 0 aliphatic carbocycles. The molecule has 22 heavy (non-hydrogen) atoms. The Kier molecular flexibility index (Phi) is 7.90. The van der Waals surface area contributed by atoms with Crippen LogP contribution >= 0.6 is 12.4 Å². The molecule has 0 saturated carbocycles. The van der Waals surface area contributed by atoms with Crippen molar-refractivity contribution in [3.05, 3.63) is 35.4 Å². The van der Waals surface area contributed by atoms with Crippen molar-refractivity contribution in [2.45, 2.75) is 45.5 Å². The molecule has 2 atom stereocenters. The van der Waals surface area contributed by atoms with Crippen molar-refractivity contribution >= 4 is 18.3 Å². The highest BCUT2D eigenvalue weighted by molar-refractivity contribution is 5.85. The van der Waals surface area contributed by atoms with E-state index < -0.39 is 23.8 Å². The molecule has 1 aromatic rings. The third-order valence-electron chi connectivity index (χ3n) is 3.13. The predicted octanol–water partition coefficient (Wildman–Crippen LogP) is 3.68. The molecule has 1 amide bonds. The number of hydrogen-bond donors (Lipinski definition) is 2. The number of benzene rings is 1. The van der Waals surface area contributed by atoms with Gasteiger partial charge in [0.25, 0.3) is 0 Å². The van der Waals surface area contributed by atoms with Crippen LogP contribution in [0.15, 0.2) is 24.3 Å². The first-order valence-electron chi connectivity index (χ1n) is 6.84. The van der Waals surface area contributed by atoms with Crippen LogP contribution in [0, 0.1) is 5.92 Å². The average molecular weight is 339 g/mol. The Labute approximate surface area is 134 Å². The first-order chi connectivity index (χ1) is 9.61. The van der Waals surface area contributed by atoms with Gasteiger partial charge in [-0.3, -0.25) is 4.79 Å². The molecule has 3 N–H and O–H groups in total. The fourth-order valence-electron chi connectivity index (χ4n) is 2.00. The minimum Gasteiger partial charge on any atom is -0.348 e. The largest absolute Gasteiger partial charge is 0.416 e. The highest BCUT2D eigenvalue weighted by Crippen LogP contribution is 2.30. The summed E-state index contributed by atoms with van der Waals surface area (Å²) in [5, 5.41) is 2.65. The highest BCUT2D eigenvalue weighted by atomic mass is 35.5. The molecule has 1 aromatic carbocycles. The van der Waals surface area contributed by atoms with E-state index in [2.05, 4.69) is 5.32 Å². The van der Waals surface area contributed by atoms with Gasteiger partial charge in [0.1, 0.15) is 0 Å². The summed E-state index contributed by atoms with van der Waals surface area (Å²) in [4.78, 5) is 11.9. The second-order valence-corrected chi connectivity index (χ2v) is 5.59. The van der Waals surface area contributed by atoms with E-state index in [4.69, 9.17) is 5.73 Å². The Balaban J connectivity index is 0.00000441. The van der Waals surface area contributed by atoms with Crippen molar-refractivity contribution in [1.82, 2.24) is 5.32 Å². The Hall–Kier alpha value is -1.27. The van der Waals surface area contributed by atoms with Gasteiger partial charge in [0.05, 0.1) is 17.6 Å². The highest BCUT2D eigenvalue weighted by Gasteiger charge is 2.30. The number of carbonyl (C=O) groups excluding carboxylic acids is 1. The Morgan fingerprint density at radius 1 is 1.27 bits per heavy atom. The number of halogens is 4. The number of alkyl halides is 3. The monoisotopic (exact) mass is 338 g/mol. The quantitative estimate of drug-likeness (QED) is 0.860. The Morgan fingerprint density at radius 3 is 2.36 bits per heavy atom. The van der Waals surface area contributed by atoms with Gasteiger partial charge in [-0.15, -0.1) is 12.4 Å². The second-order valence-electron chi connectivity index (χ2n) is 5.59. The molecule has 0 saturated heterocycles. The molecule has 0 spiro atoms. The third kappa shape index (κ3) is 6.23. The van der Waals surface area contributed by atoms with Gasteiger partial charge in [-0.25, -0.2) is 0 Å². The summed E-state index contributed by atoms with van der Waals surface area (Å²) in [6, 6.07) is 3.74. The zero-order valence-electron chi connectivity index (χ0n) is 12.8. The summed E-state index contributed by atoms with van der Waals surface area (Å²) < 4.78 is 38.0. The summed E-state index contributed by atoms with van der Waals surface area (Å²) in [6.07, 6.45) is -3.87. The number of carbonyl (C=O) groups is 1. The lowest BCUT2D eigenvalue weighted by Gasteiger charge is -2.19. The lowest BCUT2D eigenvalue weighted by atomic mass is 10.0. The van der Waals surface area contributed by atoms with Gasteiger partial charge in [-0.1, -0.05) is 26.0 Å². The van der Waals surface area contributed by atoms with Crippen molar-refractivity contribution in [2.24, 2.45) is 11.7 Å². The van der Waals surface area contributed by atoms with Crippen LogP contribution in [0.1, 0.15) is 44.4 Å². The molecule has 126 valence electrons. The van der Waals surface area contributed by atoms with Crippen LogP contribution in [0.25, 0.3) is 0 Å². The van der Waals surface area contributed by atoms with Crippen LogP contribution in [0.5, 0.6) is 0 Å². The molecule has 0 heterocycles. The predicted molar refractivity (Wildman–Crippen MR) is 82.7 cm³/mol. The molecule has 0 aliphatic rings. The Bertz CT molecular complexity index is 492. The van der Waals surface area contributed by atoms with E-state index in [1.807, 2.05) is 13.8 Å².